The SMILES string of the molecule is CCOC(=O)C1=C(C)N=c2s/c(=C/c3ccc(-c4cc([N+](=O)[O-])ccc4OC)o3)c(=O)n2[C@H]1c1ccc(OCC(=O)OC)c(OCC)c1. The first-order chi connectivity index (χ1) is 23.1. The van der Waals surface area contributed by atoms with Crippen LogP contribution < -0.4 is 29.1 Å². The third-order valence-electron chi connectivity index (χ3n) is 7.23. The van der Waals surface area contributed by atoms with Gasteiger partial charge in [0.2, 0.25) is 0 Å². The second kappa shape index (κ2) is 14.4. The van der Waals surface area contributed by atoms with Crippen molar-refractivity contribution >= 4 is 35.0 Å². The molecule has 15 heteroatoms. The molecular weight excluding hydrogens is 646 g/mol. The Bertz CT molecular complexity index is 2110. The highest BCUT2D eigenvalue weighted by molar-refractivity contribution is 7.07. The first-order valence-corrected chi connectivity index (χ1v) is 15.5. The number of esters is 2. The second-order valence-electron chi connectivity index (χ2n) is 10.1. The van der Waals surface area contributed by atoms with E-state index in [0.29, 0.717) is 44.6 Å². The lowest BCUT2D eigenvalue weighted by atomic mass is 9.95. The second-order valence-corrected chi connectivity index (χ2v) is 11.2. The Labute approximate surface area is 277 Å². The highest BCUT2D eigenvalue weighted by Gasteiger charge is 2.34. The Balaban J connectivity index is 1.62. The zero-order valence-electron chi connectivity index (χ0n) is 26.6. The number of nitrogens with zero attached hydrogens (tertiary/aromatic N) is 3. The van der Waals surface area contributed by atoms with Gasteiger partial charge in [-0.25, -0.2) is 14.6 Å². The van der Waals surface area contributed by atoms with Crippen molar-refractivity contribution in [3.05, 3.63) is 101 Å². The number of nitro benzene ring substituents is 1. The maximum Gasteiger partial charge on any atom is 0.343 e. The van der Waals surface area contributed by atoms with Gasteiger partial charge in [-0.15, -0.1) is 0 Å². The van der Waals surface area contributed by atoms with Gasteiger partial charge in [0.1, 0.15) is 17.3 Å². The van der Waals surface area contributed by atoms with Gasteiger partial charge in [0.15, 0.2) is 22.9 Å². The fourth-order valence-electron chi connectivity index (χ4n) is 5.09. The van der Waals surface area contributed by atoms with Crippen LogP contribution in [-0.2, 0) is 19.1 Å². The smallest absolute Gasteiger partial charge is 0.343 e. The van der Waals surface area contributed by atoms with Crippen LogP contribution in [-0.4, -0.2) is 55.5 Å². The molecule has 1 atom stereocenters. The van der Waals surface area contributed by atoms with Gasteiger partial charge in [-0.05, 0) is 56.7 Å². The zero-order valence-corrected chi connectivity index (χ0v) is 27.5. The molecule has 5 rings (SSSR count). The fourth-order valence-corrected chi connectivity index (χ4v) is 6.12. The van der Waals surface area contributed by atoms with Gasteiger partial charge in [-0.1, -0.05) is 17.4 Å². The van der Waals surface area contributed by atoms with Crippen LogP contribution in [0.4, 0.5) is 5.69 Å². The average Bonchev–Trinajstić information content (AvgIpc) is 3.66. The molecule has 14 nitrogen and oxygen atoms in total. The van der Waals surface area contributed by atoms with Crippen LogP contribution in [0.15, 0.2) is 74.0 Å². The summed E-state index contributed by atoms with van der Waals surface area (Å²) in [7, 11) is 2.69. The van der Waals surface area contributed by atoms with Gasteiger partial charge in [0.25, 0.3) is 11.2 Å². The summed E-state index contributed by atoms with van der Waals surface area (Å²) < 4.78 is 34.5. The topological polar surface area (TPSA) is 171 Å². The van der Waals surface area contributed by atoms with Crippen molar-refractivity contribution in [2.24, 2.45) is 4.99 Å². The summed E-state index contributed by atoms with van der Waals surface area (Å²) in [6.45, 7) is 5.16. The summed E-state index contributed by atoms with van der Waals surface area (Å²) in [5, 5.41) is 11.4. The number of allylic oxidation sites excluding steroid dienone is 1. The van der Waals surface area contributed by atoms with E-state index in [1.54, 1.807) is 51.1 Å². The predicted molar refractivity (Wildman–Crippen MR) is 173 cm³/mol. The molecule has 1 aliphatic heterocycles. The van der Waals surface area contributed by atoms with Crippen molar-refractivity contribution in [3.63, 3.8) is 0 Å². The van der Waals surface area contributed by atoms with Crippen molar-refractivity contribution in [2.45, 2.75) is 26.8 Å². The summed E-state index contributed by atoms with van der Waals surface area (Å²) >= 11 is 1.10. The molecule has 0 fully saturated rings. The van der Waals surface area contributed by atoms with Gasteiger partial charge < -0.3 is 28.1 Å². The van der Waals surface area contributed by atoms with Crippen LogP contribution in [0.25, 0.3) is 17.4 Å². The van der Waals surface area contributed by atoms with Crippen molar-refractivity contribution in [1.82, 2.24) is 4.57 Å². The number of furan rings is 1. The number of aromatic nitrogens is 1. The van der Waals surface area contributed by atoms with Gasteiger partial charge >= 0.3 is 11.9 Å². The predicted octanol–water partition coefficient (Wildman–Crippen LogP) is 3.93. The number of hydrogen-bond donors (Lipinski definition) is 0. The normalized spacial score (nSPS) is 14.2. The molecule has 0 saturated carbocycles. The molecule has 0 amide bonds. The molecular formula is C33H31N3O11S. The van der Waals surface area contributed by atoms with Crippen molar-refractivity contribution in [2.75, 3.05) is 34.0 Å². The highest BCUT2D eigenvalue weighted by Crippen LogP contribution is 2.37. The number of benzene rings is 2. The maximum absolute atomic E-state index is 14.1. The minimum atomic E-state index is -0.947. The van der Waals surface area contributed by atoms with Crippen molar-refractivity contribution < 1.29 is 42.6 Å². The van der Waals surface area contributed by atoms with E-state index in [-0.39, 0.29) is 41.4 Å². The number of thiazole rings is 1. The van der Waals surface area contributed by atoms with Crippen LogP contribution in [0.3, 0.4) is 0 Å². The summed E-state index contributed by atoms with van der Waals surface area (Å²) in [5.41, 5.74) is 0.819. The molecule has 3 heterocycles. The number of fused-ring (bicyclic) bond motifs is 1. The van der Waals surface area contributed by atoms with E-state index in [9.17, 15) is 24.5 Å². The Kier molecular flexibility index (Phi) is 10.1. The average molecular weight is 678 g/mol. The van der Waals surface area contributed by atoms with Gasteiger partial charge in [0.05, 0.1) is 59.8 Å². The van der Waals surface area contributed by atoms with E-state index in [0.717, 1.165) is 11.3 Å². The number of carbonyl (C=O) groups is 2. The molecule has 0 aliphatic carbocycles. The number of rotatable bonds is 12. The number of nitro groups is 1. The molecule has 2 aromatic carbocycles. The zero-order chi connectivity index (χ0) is 34.5. The summed E-state index contributed by atoms with van der Waals surface area (Å²) in [4.78, 5) is 54.9. The third-order valence-corrected chi connectivity index (χ3v) is 8.22. The van der Waals surface area contributed by atoms with E-state index in [1.807, 2.05) is 0 Å². The summed E-state index contributed by atoms with van der Waals surface area (Å²) in [5.74, 6) is 0.312. The van der Waals surface area contributed by atoms with Gasteiger partial charge in [0, 0.05) is 18.2 Å². The minimum Gasteiger partial charge on any atom is -0.496 e. The van der Waals surface area contributed by atoms with Gasteiger partial charge in [-0.2, -0.15) is 0 Å². The van der Waals surface area contributed by atoms with E-state index in [1.165, 1.54) is 43.1 Å². The first-order valence-electron chi connectivity index (χ1n) is 14.7. The Morgan fingerprint density at radius 2 is 1.81 bits per heavy atom. The molecule has 250 valence electrons. The standard InChI is InChI=1S/C33H31N3O11S/c1-6-44-26-14-19(8-11-25(26)46-17-28(37)43-5)30-29(32(39)45-7-2)18(3)34-33-35(30)31(38)27(48-33)16-21-10-13-24(47-21)22-15-20(36(40)41)9-12-23(22)42-4/h8-16,30H,6-7,17H2,1-5H3/b27-16+/t30-/m0/s1. The third kappa shape index (κ3) is 6.71. The van der Waals surface area contributed by atoms with E-state index in [2.05, 4.69) is 9.73 Å². The summed E-state index contributed by atoms with van der Waals surface area (Å²) in [6.07, 6.45) is 1.53. The molecule has 0 radical (unpaired) electrons. The molecule has 0 saturated heterocycles. The number of non-ortho nitro benzene ring substituents is 1. The summed E-state index contributed by atoms with van der Waals surface area (Å²) in [6, 6.07) is 11.3. The lowest BCUT2D eigenvalue weighted by molar-refractivity contribution is -0.384. The Morgan fingerprint density at radius 3 is 2.50 bits per heavy atom. The van der Waals surface area contributed by atoms with E-state index in [4.69, 9.17) is 23.4 Å². The van der Waals surface area contributed by atoms with E-state index >= 15 is 0 Å². The molecule has 0 spiro atoms. The molecule has 1 aliphatic rings. The highest BCUT2D eigenvalue weighted by atomic mass is 32.1. The molecule has 48 heavy (non-hydrogen) atoms. The van der Waals surface area contributed by atoms with E-state index < -0.39 is 28.5 Å². The lowest BCUT2D eigenvalue weighted by Gasteiger charge is -2.25. The molecule has 0 bridgehead atoms. The van der Waals surface area contributed by atoms with Crippen LogP contribution in [0.5, 0.6) is 17.2 Å². The first kappa shape index (κ1) is 33.7. The Morgan fingerprint density at radius 1 is 1.04 bits per heavy atom. The monoisotopic (exact) mass is 677 g/mol. The molecule has 2 aromatic heterocycles. The maximum atomic E-state index is 14.1. The van der Waals surface area contributed by atoms with Crippen LogP contribution in [0.2, 0.25) is 0 Å². The fraction of sp³-hybridized carbons (Fsp3) is 0.273. The number of methoxy groups -OCH3 is 2. The van der Waals surface area contributed by atoms with Gasteiger partial charge in [-0.3, -0.25) is 19.5 Å². The quantitative estimate of drug-likeness (QED) is 0.121. The molecule has 0 unspecified atom stereocenters. The van der Waals surface area contributed by atoms with Crippen LogP contribution in [0, 0.1) is 10.1 Å². The number of ether oxygens (including phenoxy) is 5. The van der Waals surface area contributed by atoms with Crippen molar-refractivity contribution in [1.29, 1.82) is 0 Å². The number of carbonyl (C=O) groups excluding carboxylic acids is 2. The Hall–Kier alpha value is -5.70. The van der Waals surface area contributed by atoms with Crippen LogP contribution >= 0.6 is 11.3 Å². The number of hydrogen-bond acceptors (Lipinski definition) is 13. The van der Waals surface area contributed by atoms with Crippen molar-refractivity contribution in [3.8, 4) is 28.6 Å². The lowest BCUT2D eigenvalue weighted by Crippen LogP contribution is -2.40. The molecule has 4 aromatic rings. The minimum absolute atomic E-state index is 0.105. The largest absolute Gasteiger partial charge is 0.496 e. The molecule has 0 N–H and O–H groups in total. The van der Waals surface area contributed by atoms with Crippen LogP contribution in [0.1, 0.15) is 38.1 Å².